The molecule has 0 unspecified atom stereocenters. The first kappa shape index (κ1) is 14.2. The van der Waals surface area contributed by atoms with Crippen LogP contribution in [0.3, 0.4) is 0 Å². The predicted octanol–water partition coefficient (Wildman–Crippen LogP) is 4.38. The van der Waals surface area contributed by atoms with E-state index in [1.807, 2.05) is 18.2 Å². The molecular formula is C13H9Cl2NO2S. The number of halogens is 2. The van der Waals surface area contributed by atoms with E-state index in [0.29, 0.717) is 15.8 Å². The Hall–Kier alpha value is -1.23. The molecule has 0 saturated heterocycles. The summed E-state index contributed by atoms with van der Waals surface area (Å²) in [5.41, 5.74) is 1.01. The van der Waals surface area contributed by atoms with E-state index in [1.165, 1.54) is 24.0 Å². The summed E-state index contributed by atoms with van der Waals surface area (Å²) in [5, 5.41) is 10.3. The van der Waals surface area contributed by atoms with Gasteiger partial charge in [0.05, 0.1) is 10.6 Å². The molecule has 1 heterocycles. The highest BCUT2D eigenvalue weighted by molar-refractivity contribution is 7.98. The lowest BCUT2D eigenvalue weighted by Gasteiger charge is -2.06. The summed E-state index contributed by atoms with van der Waals surface area (Å²) >= 11 is 13.4. The van der Waals surface area contributed by atoms with Crippen molar-refractivity contribution in [2.75, 3.05) is 0 Å². The molecule has 0 radical (unpaired) electrons. The third-order valence-corrected chi connectivity index (χ3v) is 4.31. The molecule has 0 amide bonds. The zero-order valence-corrected chi connectivity index (χ0v) is 12.0. The van der Waals surface area contributed by atoms with Gasteiger partial charge in [-0.15, -0.1) is 11.8 Å². The molecule has 2 aromatic rings. The van der Waals surface area contributed by atoms with Crippen molar-refractivity contribution in [2.24, 2.45) is 0 Å². The molecule has 0 aliphatic carbocycles. The smallest absolute Gasteiger partial charge is 0.337 e. The van der Waals surface area contributed by atoms with Gasteiger partial charge < -0.3 is 5.11 Å². The minimum Gasteiger partial charge on any atom is -0.478 e. The molecule has 0 aliphatic rings. The van der Waals surface area contributed by atoms with Crippen molar-refractivity contribution in [3.05, 3.63) is 57.7 Å². The van der Waals surface area contributed by atoms with Gasteiger partial charge in [0.25, 0.3) is 0 Å². The molecule has 98 valence electrons. The van der Waals surface area contributed by atoms with Crippen LogP contribution in [-0.2, 0) is 5.75 Å². The maximum absolute atomic E-state index is 11.0. The Labute approximate surface area is 124 Å². The van der Waals surface area contributed by atoms with E-state index in [9.17, 15) is 4.79 Å². The molecule has 0 fully saturated rings. The van der Waals surface area contributed by atoms with Gasteiger partial charge in [-0.2, -0.15) is 0 Å². The molecule has 1 aromatic carbocycles. The van der Waals surface area contributed by atoms with Gasteiger partial charge in [0.2, 0.25) is 0 Å². The van der Waals surface area contributed by atoms with Gasteiger partial charge in [0, 0.05) is 17.0 Å². The van der Waals surface area contributed by atoms with Crippen LogP contribution in [0.5, 0.6) is 0 Å². The van der Waals surface area contributed by atoms with Crippen LogP contribution in [0.2, 0.25) is 10.0 Å². The Morgan fingerprint density at radius 2 is 2.00 bits per heavy atom. The summed E-state index contributed by atoms with van der Waals surface area (Å²) in [4.78, 5) is 15.1. The second-order valence-electron chi connectivity index (χ2n) is 3.66. The average molecular weight is 314 g/mol. The highest BCUT2D eigenvalue weighted by atomic mass is 35.5. The Balaban J connectivity index is 2.19. The van der Waals surface area contributed by atoms with Gasteiger partial charge >= 0.3 is 5.97 Å². The minimum atomic E-state index is -1.06. The van der Waals surface area contributed by atoms with Crippen LogP contribution < -0.4 is 0 Å². The minimum absolute atomic E-state index is 0.0540. The largest absolute Gasteiger partial charge is 0.478 e. The molecule has 3 nitrogen and oxygen atoms in total. The molecule has 0 bridgehead atoms. The molecule has 19 heavy (non-hydrogen) atoms. The fourth-order valence-corrected chi connectivity index (χ4v) is 3.01. The van der Waals surface area contributed by atoms with Gasteiger partial charge in [-0.25, -0.2) is 9.78 Å². The number of hydrogen-bond acceptors (Lipinski definition) is 3. The van der Waals surface area contributed by atoms with E-state index in [2.05, 4.69) is 4.98 Å². The number of aromatic nitrogens is 1. The number of aromatic carboxylic acids is 1. The standard InChI is InChI=1S/C13H9Cl2NO2S/c14-10-4-2-1-3-8(10)7-19-12-11(15)9(13(17)18)5-6-16-12/h1-6H,7H2,(H,17,18). The Kier molecular flexibility index (Phi) is 4.69. The summed E-state index contributed by atoms with van der Waals surface area (Å²) in [6.45, 7) is 0. The fraction of sp³-hybridized carbons (Fsp3) is 0.0769. The third kappa shape index (κ3) is 3.41. The Morgan fingerprint density at radius 1 is 1.26 bits per heavy atom. The number of carboxylic acids is 1. The van der Waals surface area contributed by atoms with Crippen LogP contribution in [0, 0.1) is 0 Å². The predicted molar refractivity (Wildman–Crippen MR) is 77.2 cm³/mol. The monoisotopic (exact) mass is 313 g/mol. The van der Waals surface area contributed by atoms with Crippen LogP contribution >= 0.6 is 35.0 Å². The SMILES string of the molecule is O=C(O)c1ccnc(SCc2ccccc2Cl)c1Cl. The summed E-state index contributed by atoms with van der Waals surface area (Å²) in [5.74, 6) is -0.484. The van der Waals surface area contributed by atoms with Crippen molar-refractivity contribution >= 4 is 40.9 Å². The fourth-order valence-electron chi connectivity index (χ4n) is 1.45. The van der Waals surface area contributed by atoms with Crippen molar-refractivity contribution in [2.45, 2.75) is 10.8 Å². The molecular weight excluding hydrogens is 305 g/mol. The number of carbonyl (C=O) groups is 1. The Morgan fingerprint density at radius 3 is 2.68 bits per heavy atom. The number of rotatable bonds is 4. The van der Waals surface area contributed by atoms with Gasteiger partial charge in [0.15, 0.2) is 0 Å². The zero-order valence-electron chi connectivity index (χ0n) is 9.64. The molecule has 0 saturated carbocycles. The summed E-state index contributed by atoms with van der Waals surface area (Å²) in [6.07, 6.45) is 1.43. The van der Waals surface area contributed by atoms with Crippen molar-refractivity contribution in [1.82, 2.24) is 4.98 Å². The molecule has 0 aliphatic heterocycles. The van der Waals surface area contributed by atoms with Crippen LogP contribution in [0.25, 0.3) is 0 Å². The number of hydrogen-bond donors (Lipinski definition) is 1. The van der Waals surface area contributed by atoms with Gasteiger partial charge in [-0.1, -0.05) is 41.4 Å². The second kappa shape index (κ2) is 6.28. The van der Waals surface area contributed by atoms with E-state index in [4.69, 9.17) is 28.3 Å². The molecule has 1 aromatic heterocycles. The molecule has 6 heteroatoms. The first-order valence-corrected chi connectivity index (χ1v) is 7.07. The molecule has 0 spiro atoms. The maximum atomic E-state index is 11.0. The number of benzene rings is 1. The highest BCUT2D eigenvalue weighted by Crippen LogP contribution is 2.31. The summed E-state index contributed by atoms with van der Waals surface area (Å²) < 4.78 is 0. The molecule has 1 N–H and O–H groups in total. The van der Waals surface area contributed by atoms with Gasteiger partial charge in [0.1, 0.15) is 5.03 Å². The molecule has 2 rings (SSSR count). The van der Waals surface area contributed by atoms with Crippen molar-refractivity contribution < 1.29 is 9.90 Å². The van der Waals surface area contributed by atoms with E-state index >= 15 is 0 Å². The first-order chi connectivity index (χ1) is 9.09. The van der Waals surface area contributed by atoms with Gasteiger partial charge in [-0.05, 0) is 17.7 Å². The summed E-state index contributed by atoms with van der Waals surface area (Å²) in [6, 6.07) is 8.84. The lowest BCUT2D eigenvalue weighted by atomic mass is 10.2. The third-order valence-electron chi connectivity index (χ3n) is 2.41. The van der Waals surface area contributed by atoms with Crippen LogP contribution in [-0.4, -0.2) is 16.1 Å². The number of carboxylic acid groups (broad SMARTS) is 1. The first-order valence-electron chi connectivity index (χ1n) is 5.33. The normalized spacial score (nSPS) is 10.4. The lowest BCUT2D eigenvalue weighted by molar-refractivity contribution is 0.0696. The van der Waals surface area contributed by atoms with Crippen molar-refractivity contribution in [3.63, 3.8) is 0 Å². The van der Waals surface area contributed by atoms with Gasteiger partial charge in [-0.3, -0.25) is 0 Å². The zero-order chi connectivity index (χ0) is 13.8. The van der Waals surface area contributed by atoms with E-state index in [-0.39, 0.29) is 10.6 Å². The lowest BCUT2D eigenvalue weighted by Crippen LogP contribution is -1.99. The quantitative estimate of drug-likeness (QED) is 0.851. The average Bonchev–Trinajstić information content (AvgIpc) is 2.39. The van der Waals surface area contributed by atoms with Crippen molar-refractivity contribution in [1.29, 1.82) is 0 Å². The Bertz CT molecular complexity index is 619. The van der Waals surface area contributed by atoms with Crippen LogP contribution in [0.4, 0.5) is 0 Å². The van der Waals surface area contributed by atoms with E-state index in [0.717, 1.165) is 5.56 Å². The van der Waals surface area contributed by atoms with Crippen LogP contribution in [0.15, 0.2) is 41.6 Å². The maximum Gasteiger partial charge on any atom is 0.337 e. The topological polar surface area (TPSA) is 50.2 Å². The van der Waals surface area contributed by atoms with Crippen LogP contribution in [0.1, 0.15) is 15.9 Å². The number of thioether (sulfide) groups is 1. The summed E-state index contributed by atoms with van der Waals surface area (Å²) in [7, 11) is 0. The number of pyridine rings is 1. The second-order valence-corrected chi connectivity index (χ2v) is 5.41. The van der Waals surface area contributed by atoms with E-state index < -0.39 is 5.97 Å². The highest BCUT2D eigenvalue weighted by Gasteiger charge is 2.13. The van der Waals surface area contributed by atoms with E-state index in [1.54, 1.807) is 6.07 Å². The van der Waals surface area contributed by atoms with Crippen molar-refractivity contribution in [3.8, 4) is 0 Å². The molecule has 0 atom stereocenters. The number of nitrogens with zero attached hydrogens (tertiary/aromatic N) is 1.